The van der Waals surface area contributed by atoms with Crippen LogP contribution in [0.15, 0.2) is 12.1 Å². The first kappa shape index (κ1) is 12.6. The number of fused-ring (bicyclic) bond motifs is 1. The van der Waals surface area contributed by atoms with E-state index in [4.69, 9.17) is 4.74 Å². The first-order chi connectivity index (χ1) is 8.41. The Morgan fingerprint density at radius 2 is 2.22 bits per heavy atom. The van der Waals surface area contributed by atoms with Gasteiger partial charge in [0.1, 0.15) is 5.82 Å². The Bertz CT molecular complexity index is 600. The first-order valence-corrected chi connectivity index (χ1v) is 6.83. The van der Waals surface area contributed by atoms with Gasteiger partial charge in [-0.05, 0) is 6.92 Å². The zero-order valence-electron chi connectivity index (χ0n) is 9.49. The third-order valence-electron chi connectivity index (χ3n) is 2.32. The van der Waals surface area contributed by atoms with Gasteiger partial charge in [-0.1, -0.05) is 0 Å². The summed E-state index contributed by atoms with van der Waals surface area (Å²) in [6, 6.07) is 2.07. The van der Waals surface area contributed by atoms with Crippen molar-refractivity contribution in [1.29, 1.82) is 0 Å². The van der Waals surface area contributed by atoms with E-state index < -0.39 is 21.7 Å². The lowest BCUT2D eigenvalue weighted by Crippen LogP contribution is -2.26. The van der Waals surface area contributed by atoms with Crippen molar-refractivity contribution in [3.05, 3.63) is 17.9 Å². The molecule has 0 aliphatic carbocycles. The lowest BCUT2D eigenvalue weighted by molar-refractivity contribution is -0.118. The summed E-state index contributed by atoms with van der Waals surface area (Å²) >= 11 is 0. The fraction of sp³-hybridized carbons (Fsp3) is 0.300. The number of sulfonamides is 1. The Balaban J connectivity index is 2.45. The van der Waals surface area contributed by atoms with E-state index in [0.717, 1.165) is 12.1 Å². The SMILES string of the molecule is CCS(=O)(=O)Nc1cc(F)cc2c1OCC(=O)N2. The average molecular weight is 274 g/mol. The molecule has 1 aromatic rings. The van der Waals surface area contributed by atoms with Gasteiger partial charge in [-0.15, -0.1) is 0 Å². The third kappa shape index (κ3) is 2.53. The molecule has 0 bridgehead atoms. The molecule has 8 heteroatoms. The largest absolute Gasteiger partial charge is 0.479 e. The second kappa shape index (κ2) is 4.45. The molecule has 18 heavy (non-hydrogen) atoms. The lowest BCUT2D eigenvalue weighted by Gasteiger charge is -2.21. The second-order valence-electron chi connectivity index (χ2n) is 3.67. The summed E-state index contributed by atoms with van der Waals surface area (Å²) in [5, 5.41) is 2.41. The van der Waals surface area contributed by atoms with Crippen molar-refractivity contribution in [2.24, 2.45) is 0 Å². The van der Waals surface area contributed by atoms with Crippen LogP contribution in [0.25, 0.3) is 0 Å². The molecule has 1 aliphatic rings. The summed E-state index contributed by atoms with van der Waals surface area (Å²) in [5.41, 5.74) is 0.0897. The number of benzene rings is 1. The van der Waals surface area contributed by atoms with Crippen LogP contribution in [0.2, 0.25) is 0 Å². The van der Waals surface area contributed by atoms with Crippen LogP contribution in [0.5, 0.6) is 5.75 Å². The molecular weight excluding hydrogens is 263 g/mol. The van der Waals surface area contributed by atoms with E-state index in [9.17, 15) is 17.6 Å². The minimum absolute atomic E-state index is 0.0214. The van der Waals surface area contributed by atoms with E-state index in [0.29, 0.717) is 0 Å². The Kier molecular flexibility index (Phi) is 3.12. The summed E-state index contributed by atoms with van der Waals surface area (Å²) in [6.45, 7) is 1.22. The number of nitrogens with one attached hydrogen (secondary N) is 2. The number of carbonyl (C=O) groups excluding carboxylic acids is 1. The predicted molar refractivity (Wildman–Crippen MR) is 63.6 cm³/mol. The van der Waals surface area contributed by atoms with Gasteiger partial charge in [-0.25, -0.2) is 12.8 Å². The zero-order valence-corrected chi connectivity index (χ0v) is 10.3. The summed E-state index contributed by atoms with van der Waals surface area (Å²) in [6.07, 6.45) is 0. The van der Waals surface area contributed by atoms with Crippen molar-refractivity contribution in [2.45, 2.75) is 6.92 Å². The molecule has 2 N–H and O–H groups in total. The van der Waals surface area contributed by atoms with Crippen molar-refractivity contribution in [3.63, 3.8) is 0 Å². The van der Waals surface area contributed by atoms with Gasteiger partial charge in [-0.3, -0.25) is 9.52 Å². The molecule has 0 saturated heterocycles. The Morgan fingerprint density at radius 1 is 1.50 bits per heavy atom. The summed E-state index contributed by atoms with van der Waals surface area (Å²) < 4.78 is 43.5. The number of amides is 1. The molecule has 1 aromatic carbocycles. The van der Waals surface area contributed by atoms with E-state index >= 15 is 0 Å². The first-order valence-electron chi connectivity index (χ1n) is 5.18. The van der Waals surface area contributed by atoms with Crippen molar-refractivity contribution in [3.8, 4) is 5.75 Å². The highest BCUT2D eigenvalue weighted by molar-refractivity contribution is 7.92. The molecule has 0 saturated carbocycles. The predicted octanol–water partition coefficient (Wildman–Crippen LogP) is 0.918. The maximum absolute atomic E-state index is 13.3. The van der Waals surface area contributed by atoms with E-state index in [-0.39, 0.29) is 29.5 Å². The monoisotopic (exact) mass is 274 g/mol. The Morgan fingerprint density at radius 3 is 2.89 bits per heavy atom. The molecule has 98 valence electrons. The Labute approximate surface area is 103 Å². The average Bonchev–Trinajstić information content (AvgIpc) is 2.27. The molecule has 0 radical (unpaired) electrons. The van der Waals surface area contributed by atoms with Gasteiger partial charge < -0.3 is 10.1 Å². The smallest absolute Gasteiger partial charge is 0.262 e. The lowest BCUT2D eigenvalue weighted by atomic mass is 10.2. The van der Waals surface area contributed by atoms with Gasteiger partial charge in [-0.2, -0.15) is 0 Å². The van der Waals surface area contributed by atoms with E-state index in [2.05, 4.69) is 10.0 Å². The standard InChI is InChI=1S/C10H11FN2O4S/c1-2-18(15,16)13-8-4-6(11)3-7-10(8)17-5-9(14)12-7/h3-4,13H,2,5H2,1H3,(H,12,14). The molecule has 1 heterocycles. The van der Waals surface area contributed by atoms with Crippen LogP contribution in [-0.4, -0.2) is 26.7 Å². The summed E-state index contributed by atoms with van der Waals surface area (Å²) in [7, 11) is -3.55. The maximum Gasteiger partial charge on any atom is 0.262 e. The van der Waals surface area contributed by atoms with Crippen LogP contribution in [-0.2, 0) is 14.8 Å². The minimum atomic E-state index is -3.55. The summed E-state index contributed by atoms with van der Waals surface area (Å²) in [5.74, 6) is -1.12. The molecule has 0 atom stereocenters. The highest BCUT2D eigenvalue weighted by Crippen LogP contribution is 2.37. The molecule has 0 unspecified atom stereocenters. The number of halogens is 1. The minimum Gasteiger partial charge on any atom is -0.479 e. The highest BCUT2D eigenvalue weighted by Gasteiger charge is 2.22. The molecule has 1 aliphatic heterocycles. The van der Waals surface area contributed by atoms with Gasteiger partial charge in [0.2, 0.25) is 10.0 Å². The van der Waals surface area contributed by atoms with Crippen LogP contribution in [0.3, 0.4) is 0 Å². The van der Waals surface area contributed by atoms with Crippen molar-refractivity contribution in [1.82, 2.24) is 0 Å². The fourth-order valence-corrected chi connectivity index (χ4v) is 2.11. The number of hydrogen-bond acceptors (Lipinski definition) is 4. The molecule has 0 aromatic heterocycles. The van der Waals surface area contributed by atoms with Crippen LogP contribution < -0.4 is 14.8 Å². The number of ether oxygens (including phenoxy) is 1. The van der Waals surface area contributed by atoms with Crippen molar-refractivity contribution in [2.75, 3.05) is 22.4 Å². The molecule has 0 spiro atoms. The van der Waals surface area contributed by atoms with E-state index in [1.54, 1.807) is 0 Å². The molecule has 6 nitrogen and oxygen atoms in total. The molecule has 0 fully saturated rings. The normalized spacial score (nSPS) is 14.4. The van der Waals surface area contributed by atoms with Crippen LogP contribution >= 0.6 is 0 Å². The maximum atomic E-state index is 13.3. The molecule has 1 amide bonds. The van der Waals surface area contributed by atoms with Gasteiger partial charge in [0, 0.05) is 12.1 Å². The van der Waals surface area contributed by atoms with Crippen molar-refractivity contribution < 1.29 is 22.3 Å². The number of rotatable bonds is 3. The van der Waals surface area contributed by atoms with Crippen molar-refractivity contribution >= 4 is 27.3 Å². The van der Waals surface area contributed by atoms with Crippen LogP contribution in [0.1, 0.15) is 6.92 Å². The Hall–Kier alpha value is -1.83. The van der Waals surface area contributed by atoms with Gasteiger partial charge >= 0.3 is 0 Å². The topological polar surface area (TPSA) is 84.5 Å². The molecular formula is C10H11FN2O4S. The van der Waals surface area contributed by atoms with Crippen LogP contribution in [0, 0.1) is 5.82 Å². The van der Waals surface area contributed by atoms with Gasteiger partial charge in [0.15, 0.2) is 12.4 Å². The van der Waals surface area contributed by atoms with E-state index in [1.807, 2.05) is 0 Å². The molecule has 2 rings (SSSR count). The zero-order chi connectivity index (χ0) is 13.3. The highest BCUT2D eigenvalue weighted by atomic mass is 32.2. The number of anilines is 2. The quantitative estimate of drug-likeness (QED) is 0.858. The number of carbonyl (C=O) groups is 1. The van der Waals surface area contributed by atoms with Gasteiger partial charge in [0.05, 0.1) is 17.1 Å². The number of hydrogen-bond donors (Lipinski definition) is 2. The van der Waals surface area contributed by atoms with Crippen LogP contribution in [0.4, 0.5) is 15.8 Å². The fourth-order valence-electron chi connectivity index (χ4n) is 1.48. The third-order valence-corrected chi connectivity index (χ3v) is 3.61. The van der Waals surface area contributed by atoms with Gasteiger partial charge in [0.25, 0.3) is 5.91 Å². The van der Waals surface area contributed by atoms with E-state index in [1.165, 1.54) is 6.92 Å². The summed E-state index contributed by atoms with van der Waals surface area (Å²) in [4.78, 5) is 11.1. The second-order valence-corrected chi connectivity index (χ2v) is 5.68.